The molecule has 1 aliphatic heterocycles. The molecule has 2 amide bonds. The van der Waals surface area contributed by atoms with Gasteiger partial charge in [-0.15, -0.1) is 0 Å². The van der Waals surface area contributed by atoms with Crippen LogP contribution in [0.3, 0.4) is 0 Å². The molecule has 1 saturated heterocycles. The van der Waals surface area contributed by atoms with Crippen LogP contribution < -0.4 is 10.2 Å². The Hall–Kier alpha value is -3.48. The van der Waals surface area contributed by atoms with E-state index in [4.69, 9.17) is 4.74 Å². The zero-order chi connectivity index (χ0) is 21.8. The number of Topliss-reactive ketones (excluding diaryl/α,β-unsaturated/α-hetero) is 1. The van der Waals surface area contributed by atoms with Crippen molar-refractivity contribution in [3.05, 3.63) is 59.2 Å². The van der Waals surface area contributed by atoms with Gasteiger partial charge < -0.3 is 15.0 Å². The van der Waals surface area contributed by atoms with E-state index in [2.05, 4.69) is 5.32 Å². The largest absolute Gasteiger partial charge is 0.455 e. The molecule has 1 heterocycles. The fraction of sp³-hybridized carbons (Fsp3) is 0.304. The van der Waals surface area contributed by atoms with Crippen molar-refractivity contribution < 1.29 is 23.9 Å². The molecule has 0 radical (unpaired) electrons. The number of esters is 1. The van der Waals surface area contributed by atoms with Crippen molar-refractivity contribution in [2.24, 2.45) is 5.92 Å². The van der Waals surface area contributed by atoms with Gasteiger partial charge in [0.15, 0.2) is 12.4 Å². The molecular weight excluding hydrogens is 384 g/mol. The van der Waals surface area contributed by atoms with Gasteiger partial charge in [0.05, 0.1) is 11.6 Å². The number of nitrogens with zero attached hydrogens (tertiary/aromatic N) is 1. The molecule has 30 heavy (non-hydrogen) atoms. The highest BCUT2D eigenvalue weighted by Crippen LogP contribution is 2.29. The molecule has 1 aliphatic rings. The molecule has 2 aromatic rings. The van der Waals surface area contributed by atoms with Crippen molar-refractivity contribution in [2.75, 3.05) is 23.4 Å². The summed E-state index contributed by atoms with van der Waals surface area (Å²) >= 11 is 0. The number of carbonyl (C=O) groups is 4. The van der Waals surface area contributed by atoms with Crippen LogP contribution in [-0.2, 0) is 19.1 Å². The number of benzene rings is 2. The van der Waals surface area contributed by atoms with Gasteiger partial charge in [0.1, 0.15) is 0 Å². The normalized spacial score (nSPS) is 15.8. The number of ketones is 1. The van der Waals surface area contributed by atoms with E-state index in [0.717, 1.165) is 16.8 Å². The lowest BCUT2D eigenvalue weighted by Gasteiger charge is -2.20. The Morgan fingerprint density at radius 1 is 1.10 bits per heavy atom. The summed E-state index contributed by atoms with van der Waals surface area (Å²) in [7, 11) is 0. The van der Waals surface area contributed by atoms with Gasteiger partial charge >= 0.3 is 5.97 Å². The van der Waals surface area contributed by atoms with Gasteiger partial charge in [-0.3, -0.25) is 19.2 Å². The first kappa shape index (κ1) is 21.2. The number of ether oxygens (including phenoxy) is 1. The molecule has 0 unspecified atom stereocenters. The first-order valence-corrected chi connectivity index (χ1v) is 9.71. The lowest BCUT2D eigenvalue weighted by Crippen LogP contribution is -2.28. The van der Waals surface area contributed by atoms with Gasteiger partial charge in [0.2, 0.25) is 5.91 Å². The number of carbonyl (C=O) groups excluding carboxylic acids is 4. The Kier molecular flexibility index (Phi) is 6.30. The highest BCUT2D eigenvalue weighted by molar-refractivity contribution is 6.04. The second kappa shape index (κ2) is 8.90. The minimum absolute atomic E-state index is 0.0427. The maximum absolute atomic E-state index is 12.4. The monoisotopic (exact) mass is 408 g/mol. The van der Waals surface area contributed by atoms with Crippen LogP contribution in [0.2, 0.25) is 0 Å². The van der Waals surface area contributed by atoms with Crippen LogP contribution in [0.4, 0.5) is 11.4 Å². The molecule has 7 heteroatoms. The van der Waals surface area contributed by atoms with Crippen molar-refractivity contribution in [3.8, 4) is 0 Å². The minimum atomic E-state index is -0.630. The van der Waals surface area contributed by atoms with Crippen LogP contribution in [0.5, 0.6) is 0 Å². The quantitative estimate of drug-likeness (QED) is 0.586. The molecule has 1 fully saturated rings. The molecule has 0 bridgehead atoms. The summed E-state index contributed by atoms with van der Waals surface area (Å²) in [6.45, 7) is 5.04. The Morgan fingerprint density at radius 2 is 1.83 bits per heavy atom. The zero-order valence-electron chi connectivity index (χ0n) is 17.2. The fourth-order valence-electron chi connectivity index (χ4n) is 3.47. The lowest BCUT2D eigenvalue weighted by atomic mass is 10.1. The summed E-state index contributed by atoms with van der Waals surface area (Å²) < 4.78 is 5.13. The van der Waals surface area contributed by atoms with E-state index in [1.54, 1.807) is 29.2 Å². The number of hydrogen-bond acceptors (Lipinski definition) is 5. The number of rotatable bonds is 6. The first-order chi connectivity index (χ1) is 14.3. The van der Waals surface area contributed by atoms with Gasteiger partial charge in [-0.1, -0.05) is 24.3 Å². The maximum atomic E-state index is 12.4. The van der Waals surface area contributed by atoms with Gasteiger partial charge in [0, 0.05) is 24.2 Å². The summed E-state index contributed by atoms with van der Waals surface area (Å²) in [6, 6.07) is 12.3. The number of anilines is 2. The second-order valence-corrected chi connectivity index (χ2v) is 7.38. The van der Waals surface area contributed by atoms with Crippen molar-refractivity contribution in [1.82, 2.24) is 0 Å². The van der Waals surface area contributed by atoms with Gasteiger partial charge in [-0.25, -0.2) is 0 Å². The van der Waals surface area contributed by atoms with Crippen molar-refractivity contribution in [3.63, 3.8) is 0 Å². The smallest absolute Gasteiger partial charge is 0.311 e. The molecular formula is C23H24N2O5. The molecule has 1 atom stereocenters. The van der Waals surface area contributed by atoms with E-state index < -0.39 is 24.4 Å². The van der Waals surface area contributed by atoms with Crippen molar-refractivity contribution >= 4 is 34.9 Å². The third kappa shape index (κ3) is 4.56. The molecule has 0 aliphatic carbocycles. The number of amides is 2. The lowest BCUT2D eigenvalue weighted by molar-refractivity contribution is -0.151. The van der Waals surface area contributed by atoms with E-state index in [9.17, 15) is 19.2 Å². The standard InChI is InChI=1S/C23H24N2O5/c1-14-7-6-10-20(15(14)2)25-12-17(11-22(25)28)23(29)30-13-21(27)24-19-9-5-4-8-18(19)16(3)26/h4-10,17H,11-13H2,1-3H3,(H,24,27)/t17-/m0/s1. The van der Waals surface area contributed by atoms with E-state index in [0.29, 0.717) is 11.3 Å². The van der Waals surface area contributed by atoms with Crippen molar-refractivity contribution in [1.29, 1.82) is 0 Å². The molecule has 7 nitrogen and oxygen atoms in total. The Bertz CT molecular complexity index is 1010. The number of aryl methyl sites for hydroxylation is 1. The number of hydrogen-bond donors (Lipinski definition) is 1. The zero-order valence-corrected chi connectivity index (χ0v) is 17.2. The third-order valence-corrected chi connectivity index (χ3v) is 5.25. The molecule has 1 N–H and O–H groups in total. The summed E-state index contributed by atoms with van der Waals surface area (Å²) in [5, 5.41) is 2.58. The highest BCUT2D eigenvalue weighted by atomic mass is 16.5. The van der Waals surface area contributed by atoms with E-state index in [1.807, 2.05) is 32.0 Å². The van der Waals surface area contributed by atoms with E-state index in [-0.39, 0.29) is 24.7 Å². The Balaban J connectivity index is 1.58. The van der Waals surface area contributed by atoms with Crippen molar-refractivity contribution in [2.45, 2.75) is 27.2 Å². The predicted molar refractivity (Wildman–Crippen MR) is 112 cm³/mol. The molecule has 156 valence electrons. The molecule has 0 spiro atoms. The number of para-hydroxylation sites is 1. The van der Waals surface area contributed by atoms with E-state index in [1.165, 1.54) is 6.92 Å². The van der Waals surface area contributed by atoms with Crippen LogP contribution >= 0.6 is 0 Å². The fourth-order valence-corrected chi connectivity index (χ4v) is 3.47. The van der Waals surface area contributed by atoms with E-state index >= 15 is 0 Å². The average Bonchev–Trinajstić information content (AvgIpc) is 3.10. The second-order valence-electron chi connectivity index (χ2n) is 7.38. The van der Waals surface area contributed by atoms with Crippen LogP contribution in [0.15, 0.2) is 42.5 Å². The summed E-state index contributed by atoms with van der Waals surface area (Å²) in [5.41, 5.74) is 3.58. The van der Waals surface area contributed by atoms with Crippen LogP contribution in [0, 0.1) is 19.8 Å². The van der Waals surface area contributed by atoms with Crippen LogP contribution in [0.1, 0.15) is 34.8 Å². The topological polar surface area (TPSA) is 92.8 Å². The summed E-state index contributed by atoms with van der Waals surface area (Å²) in [4.78, 5) is 50.3. The molecule has 2 aromatic carbocycles. The van der Waals surface area contributed by atoms with Crippen LogP contribution in [-0.4, -0.2) is 36.7 Å². The first-order valence-electron chi connectivity index (χ1n) is 9.71. The molecule has 0 saturated carbocycles. The Labute approximate surface area is 175 Å². The SMILES string of the molecule is CC(=O)c1ccccc1NC(=O)COC(=O)[C@H]1CC(=O)N(c2cccc(C)c2C)C1. The van der Waals surface area contributed by atoms with Crippen LogP contribution in [0.25, 0.3) is 0 Å². The van der Waals surface area contributed by atoms with Gasteiger partial charge in [0.25, 0.3) is 5.91 Å². The van der Waals surface area contributed by atoms with Gasteiger partial charge in [-0.05, 0) is 50.1 Å². The number of nitrogens with one attached hydrogen (secondary N) is 1. The Morgan fingerprint density at radius 3 is 2.57 bits per heavy atom. The van der Waals surface area contributed by atoms with Gasteiger partial charge in [-0.2, -0.15) is 0 Å². The maximum Gasteiger partial charge on any atom is 0.311 e. The third-order valence-electron chi connectivity index (χ3n) is 5.25. The summed E-state index contributed by atoms with van der Waals surface area (Å²) in [6.07, 6.45) is 0.0427. The highest BCUT2D eigenvalue weighted by Gasteiger charge is 2.37. The average molecular weight is 408 g/mol. The molecule has 0 aromatic heterocycles. The predicted octanol–water partition coefficient (Wildman–Crippen LogP) is 3.04. The summed E-state index contributed by atoms with van der Waals surface area (Å²) in [5.74, 6) is -2.10. The minimum Gasteiger partial charge on any atom is -0.455 e. The molecule has 3 rings (SSSR count).